The Morgan fingerprint density at radius 3 is 0.933 bits per heavy atom. The molecule has 0 N–H and O–H groups in total. The molecular weight excluding hydrogens is 378 g/mol. The molecule has 3 aromatic rings. The minimum absolute atomic E-state index is 0.131. The highest BCUT2D eigenvalue weighted by atomic mass is 16.1. The molecule has 6 nitrogen and oxygen atoms in total. The number of aryl methyl sites for hydroxylation is 3. The second-order valence-corrected chi connectivity index (χ2v) is 6.71. The normalized spacial score (nSPS) is 9.80. The van der Waals surface area contributed by atoms with E-state index < -0.39 is 0 Å². The van der Waals surface area contributed by atoms with Crippen LogP contribution in [-0.2, 0) is 19.6 Å². The summed E-state index contributed by atoms with van der Waals surface area (Å²) in [5.41, 5.74) is 2.38. The average molecular weight is 412 g/mol. The van der Waals surface area contributed by atoms with E-state index in [1.165, 1.54) is 0 Å². The van der Waals surface area contributed by atoms with Gasteiger partial charge in [-0.2, -0.15) is 0 Å². The molecule has 0 fully saturated rings. The predicted molar refractivity (Wildman–Crippen MR) is 120 cm³/mol. The number of nitrogens with zero attached hydrogens (tertiary/aromatic N) is 3. The van der Waals surface area contributed by atoms with Crippen LogP contribution in [0.1, 0.15) is 73.0 Å². The van der Waals surface area contributed by atoms with Crippen molar-refractivity contribution in [2.24, 2.45) is 0 Å². The van der Waals surface area contributed by atoms with Gasteiger partial charge in [-0.15, -0.1) is 0 Å². The van der Waals surface area contributed by atoms with Crippen molar-refractivity contribution in [2.75, 3.05) is 0 Å². The molecule has 0 bridgehead atoms. The number of Topliss-reactive ketones (excluding diaryl/α,β-unsaturated/α-hetero) is 3. The van der Waals surface area contributed by atoms with Crippen LogP contribution in [0.3, 0.4) is 0 Å². The largest absolute Gasteiger partial charge is 0.345 e. The number of rotatable bonds is 6. The second-order valence-electron chi connectivity index (χ2n) is 6.71. The molecule has 3 rings (SSSR count). The van der Waals surface area contributed by atoms with Gasteiger partial charge in [-0.25, -0.2) is 0 Å². The highest BCUT2D eigenvalue weighted by molar-refractivity contribution is 5.93. The Labute approximate surface area is 179 Å². The first-order valence-corrected chi connectivity index (χ1v) is 10.2. The van der Waals surface area contributed by atoms with Crippen molar-refractivity contribution >= 4 is 17.3 Å². The Morgan fingerprint density at radius 2 is 0.800 bits per heavy atom. The zero-order chi connectivity index (χ0) is 22.7. The minimum Gasteiger partial charge on any atom is -0.345 e. The summed E-state index contributed by atoms with van der Waals surface area (Å²) in [5, 5.41) is 0. The third-order valence-corrected chi connectivity index (χ3v) is 4.59. The van der Waals surface area contributed by atoms with Crippen molar-refractivity contribution in [1.82, 2.24) is 13.7 Å². The highest BCUT2D eigenvalue weighted by Gasteiger charge is 2.03. The topological polar surface area (TPSA) is 66.0 Å². The molecule has 0 aliphatic heterocycles. The summed E-state index contributed by atoms with van der Waals surface area (Å²) in [7, 11) is 0. The summed E-state index contributed by atoms with van der Waals surface area (Å²) >= 11 is 0. The molecule has 0 amide bonds. The Kier molecular flexibility index (Phi) is 10.3. The van der Waals surface area contributed by atoms with Gasteiger partial charge < -0.3 is 13.7 Å². The van der Waals surface area contributed by atoms with Crippen molar-refractivity contribution < 1.29 is 14.4 Å². The van der Waals surface area contributed by atoms with Crippen molar-refractivity contribution in [3.8, 4) is 0 Å². The molecule has 0 aromatic carbocycles. The van der Waals surface area contributed by atoms with Gasteiger partial charge in [0.05, 0.1) is 17.1 Å². The highest BCUT2D eigenvalue weighted by Crippen LogP contribution is 2.03. The van der Waals surface area contributed by atoms with Gasteiger partial charge in [0.25, 0.3) is 0 Å². The number of hydrogen-bond donors (Lipinski definition) is 0. The first kappa shape index (κ1) is 24.9. The van der Waals surface area contributed by atoms with Crippen LogP contribution in [0.2, 0.25) is 0 Å². The first-order valence-electron chi connectivity index (χ1n) is 10.2. The molecule has 0 saturated carbocycles. The molecule has 30 heavy (non-hydrogen) atoms. The SMILES string of the molecule is CCn1cccc1C(C)=O.CCn1cccc1C(C)=O.CCn1cccc1C(C)=O. The van der Waals surface area contributed by atoms with Crippen LogP contribution in [0, 0.1) is 0 Å². The lowest BCUT2D eigenvalue weighted by Crippen LogP contribution is -2.02. The first-order chi connectivity index (χ1) is 14.3. The Morgan fingerprint density at radius 1 is 0.567 bits per heavy atom. The number of hydrogen-bond acceptors (Lipinski definition) is 3. The van der Waals surface area contributed by atoms with Crippen LogP contribution in [-0.4, -0.2) is 31.1 Å². The molecule has 0 saturated heterocycles. The second kappa shape index (κ2) is 12.4. The van der Waals surface area contributed by atoms with Crippen LogP contribution in [0.25, 0.3) is 0 Å². The number of ketones is 3. The van der Waals surface area contributed by atoms with Crippen LogP contribution < -0.4 is 0 Å². The summed E-state index contributed by atoms with van der Waals surface area (Å²) in [4.78, 5) is 32.6. The molecule has 162 valence electrons. The summed E-state index contributed by atoms with van der Waals surface area (Å²) in [5.74, 6) is 0.394. The van der Waals surface area contributed by atoms with Gasteiger partial charge in [0.2, 0.25) is 0 Å². The van der Waals surface area contributed by atoms with Crippen LogP contribution in [0.5, 0.6) is 0 Å². The molecule has 3 aromatic heterocycles. The number of carbonyl (C=O) groups is 3. The van der Waals surface area contributed by atoms with E-state index in [4.69, 9.17) is 0 Å². The van der Waals surface area contributed by atoms with Gasteiger partial charge in [0, 0.05) is 59.0 Å². The quantitative estimate of drug-likeness (QED) is 0.528. The third kappa shape index (κ3) is 7.03. The maximum atomic E-state index is 10.9. The van der Waals surface area contributed by atoms with Crippen molar-refractivity contribution in [3.63, 3.8) is 0 Å². The van der Waals surface area contributed by atoms with E-state index in [2.05, 4.69) is 0 Å². The zero-order valence-corrected chi connectivity index (χ0v) is 18.9. The Bertz CT molecular complexity index is 836. The fourth-order valence-electron chi connectivity index (χ4n) is 3.03. The maximum absolute atomic E-state index is 10.9. The third-order valence-electron chi connectivity index (χ3n) is 4.59. The lowest BCUT2D eigenvalue weighted by molar-refractivity contribution is 0.0996. The van der Waals surface area contributed by atoms with Gasteiger partial charge in [0.15, 0.2) is 17.3 Å². The number of carbonyl (C=O) groups excluding carboxylic acids is 3. The van der Waals surface area contributed by atoms with E-state index in [0.717, 1.165) is 36.7 Å². The predicted octanol–water partition coefficient (Wildman–Crippen LogP) is 5.13. The standard InChI is InChI=1S/3C8H11NO/c3*1-3-9-6-4-5-8(9)7(2)10/h3*4-6H,3H2,1-2H3. The van der Waals surface area contributed by atoms with E-state index in [-0.39, 0.29) is 17.3 Å². The van der Waals surface area contributed by atoms with E-state index >= 15 is 0 Å². The van der Waals surface area contributed by atoms with Crippen LogP contribution in [0.15, 0.2) is 55.0 Å². The fraction of sp³-hybridized carbons (Fsp3) is 0.375. The maximum Gasteiger partial charge on any atom is 0.176 e. The lowest BCUT2D eigenvalue weighted by atomic mass is 10.3. The smallest absolute Gasteiger partial charge is 0.176 e. The monoisotopic (exact) mass is 411 g/mol. The van der Waals surface area contributed by atoms with Crippen molar-refractivity contribution in [3.05, 3.63) is 72.1 Å². The molecule has 0 aliphatic carbocycles. The molecule has 0 spiro atoms. The molecular formula is C24H33N3O3. The van der Waals surface area contributed by atoms with Gasteiger partial charge in [-0.05, 0) is 57.2 Å². The average Bonchev–Trinajstić information content (AvgIpc) is 3.48. The number of aromatic nitrogens is 3. The van der Waals surface area contributed by atoms with E-state index in [1.54, 1.807) is 20.8 Å². The van der Waals surface area contributed by atoms with Gasteiger partial charge in [-0.3, -0.25) is 14.4 Å². The summed E-state index contributed by atoms with van der Waals surface area (Å²) in [6, 6.07) is 11.2. The molecule has 6 heteroatoms. The summed E-state index contributed by atoms with van der Waals surface area (Å²) in [6.07, 6.45) is 5.74. The minimum atomic E-state index is 0.131. The van der Waals surface area contributed by atoms with Crippen LogP contribution in [0.4, 0.5) is 0 Å². The van der Waals surface area contributed by atoms with Gasteiger partial charge in [-0.1, -0.05) is 0 Å². The van der Waals surface area contributed by atoms with Gasteiger partial charge >= 0.3 is 0 Å². The zero-order valence-electron chi connectivity index (χ0n) is 18.9. The Hall–Kier alpha value is -3.15. The van der Waals surface area contributed by atoms with Crippen LogP contribution >= 0.6 is 0 Å². The van der Waals surface area contributed by atoms with Crippen molar-refractivity contribution in [2.45, 2.75) is 61.2 Å². The molecule has 0 unspecified atom stereocenters. The van der Waals surface area contributed by atoms with Crippen molar-refractivity contribution in [1.29, 1.82) is 0 Å². The molecule has 3 heterocycles. The van der Waals surface area contributed by atoms with E-state index in [1.807, 2.05) is 89.5 Å². The molecule has 0 atom stereocenters. The molecule has 0 radical (unpaired) electrons. The summed E-state index contributed by atoms with van der Waals surface area (Å²) < 4.78 is 5.80. The molecule has 0 aliphatic rings. The fourth-order valence-corrected chi connectivity index (χ4v) is 3.03. The Balaban J connectivity index is 0.000000225. The lowest BCUT2D eigenvalue weighted by Gasteiger charge is -2.00. The van der Waals surface area contributed by atoms with E-state index in [0.29, 0.717) is 0 Å². The van der Waals surface area contributed by atoms with E-state index in [9.17, 15) is 14.4 Å². The summed E-state index contributed by atoms with van der Waals surface area (Å²) in [6.45, 7) is 13.4. The van der Waals surface area contributed by atoms with Gasteiger partial charge in [0.1, 0.15) is 0 Å².